The summed E-state index contributed by atoms with van der Waals surface area (Å²) in [5, 5.41) is 1.71. The van der Waals surface area contributed by atoms with Crippen LogP contribution in [0.5, 0.6) is 0 Å². The van der Waals surface area contributed by atoms with E-state index >= 15 is 0 Å². The Morgan fingerprint density at radius 1 is 0.810 bits per heavy atom. The smallest absolute Gasteiger partial charge is 0.265 e. The monoisotopic (exact) mass is 295 g/mol. The van der Waals surface area contributed by atoms with E-state index in [0.717, 1.165) is 27.6 Å². The zero-order chi connectivity index (χ0) is 14.6. The average molecular weight is 295 g/mol. The minimum Gasteiger partial charge on any atom is -0.269 e. The third-order valence-corrected chi connectivity index (χ3v) is 5.91. The van der Waals surface area contributed by atoms with Crippen molar-refractivity contribution in [3.63, 3.8) is 0 Å². The molecule has 0 saturated heterocycles. The van der Waals surface area contributed by atoms with E-state index in [2.05, 4.69) is 0 Å². The Balaban J connectivity index is 2.24. The van der Waals surface area contributed by atoms with Crippen molar-refractivity contribution in [1.29, 1.82) is 0 Å². The number of hydrogen-bond acceptors (Lipinski definition) is 2. The maximum Gasteiger partial charge on any atom is 0.265 e. The standard InChI is InChI=1S/C17H13NO2S/c1-18-16-9-5-4-8-14(16)15-11-10-12-6-2-3-7-13(12)17(15)21(18,19)20/h2-11H,1H3. The second-order valence-electron chi connectivity index (χ2n) is 5.15. The van der Waals surface area contributed by atoms with Crippen molar-refractivity contribution < 1.29 is 8.42 Å². The van der Waals surface area contributed by atoms with Gasteiger partial charge < -0.3 is 0 Å². The van der Waals surface area contributed by atoms with Gasteiger partial charge >= 0.3 is 0 Å². The number of anilines is 1. The van der Waals surface area contributed by atoms with Gasteiger partial charge in [0.05, 0.1) is 5.69 Å². The highest BCUT2D eigenvalue weighted by atomic mass is 32.2. The highest BCUT2D eigenvalue weighted by Gasteiger charge is 2.33. The number of rotatable bonds is 0. The van der Waals surface area contributed by atoms with Gasteiger partial charge in [0.2, 0.25) is 0 Å². The molecule has 0 saturated carbocycles. The lowest BCUT2D eigenvalue weighted by molar-refractivity contribution is 0.595. The topological polar surface area (TPSA) is 37.4 Å². The lowest BCUT2D eigenvalue weighted by atomic mass is 9.99. The maximum absolute atomic E-state index is 12.9. The van der Waals surface area contributed by atoms with Crippen LogP contribution in [0.3, 0.4) is 0 Å². The fraction of sp³-hybridized carbons (Fsp3) is 0.0588. The Bertz CT molecular complexity index is 977. The number of para-hydroxylation sites is 1. The van der Waals surface area contributed by atoms with Crippen molar-refractivity contribution in [1.82, 2.24) is 0 Å². The van der Waals surface area contributed by atoms with E-state index in [1.807, 2.05) is 60.7 Å². The normalized spacial score (nSPS) is 15.6. The second kappa shape index (κ2) is 4.09. The molecule has 3 nitrogen and oxygen atoms in total. The van der Waals surface area contributed by atoms with Crippen molar-refractivity contribution in [2.75, 3.05) is 11.4 Å². The minimum absolute atomic E-state index is 0.404. The van der Waals surface area contributed by atoms with Crippen molar-refractivity contribution >= 4 is 26.5 Å². The molecule has 4 rings (SSSR count). The van der Waals surface area contributed by atoms with E-state index in [1.165, 1.54) is 4.31 Å². The van der Waals surface area contributed by atoms with Gasteiger partial charge in [0.1, 0.15) is 4.90 Å². The largest absolute Gasteiger partial charge is 0.269 e. The van der Waals surface area contributed by atoms with Gasteiger partial charge in [-0.15, -0.1) is 0 Å². The number of nitrogens with zero attached hydrogens (tertiary/aromatic N) is 1. The molecule has 1 aliphatic heterocycles. The van der Waals surface area contributed by atoms with Crippen molar-refractivity contribution in [2.45, 2.75) is 4.90 Å². The summed E-state index contributed by atoms with van der Waals surface area (Å²) in [6.07, 6.45) is 0. The molecule has 4 heteroatoms. The highest BCUT2D eigenvalue weighted by Crippen LogP contribution is 2.44. The highest BCUT2D eigenvalue weighted by molar-refractivity contribution is 7.93. The molecule has 0 radical (unpaired) electrons. The van der Waals surface area contributed by atoms with E-state index in [1.54, 1.807) is 7.05 Å². The van der Waals surface area contributed by atoms with Crippen molar-refractivity contribution in [2.24, 2.45) is 0 Å². The summed E-state index contributed by atoms with van der Waals surface area (Å²) in [5.74, 6) is 0. The van der Waals surface area contributed by atoms with Gasteiger partial charge in [0.15, 0.2) is 0 Å². The Morgan fingerprint density at radius 3 is 2.38 bits per heavy atom. The zero-order valence-corrected chi connectivity index (χ0v) is 12.3. The second-order valence-corrected chi connectivity index (χ2v) is 7.06. The quantitative estimate of drug-likeness (QED) is 0.635. The molecule has 104 valence electrons. The molecule has 0 N–H and O–H groups in total. The van der Waals surface area contributed by atoms with E-state index in [0.29, 0.717) is 4.90 Å². The number of benzene rings is 3. The van der Waals surface area contributed by atoms with E-state index in [4.69, 9.17) is 0 Å². The summed E-state index contributed by atoms with van der Waals surface area (Å²) < 4.78 is 27.2. The average Bonchev–Trinajstić information content (AvgIpc) is 2.52. The van der Waals surface area contributed by atoms with Crippen LogP contribution < -0.4 is 4.31 Å². The molecule has 3 aromatic carbocycles. The lowest BCUT2D eigenvalue weighted by Crippen LogP contribution is -2.30. The number of hydrogen-bond donors (Lipinski definition) is 0. The van der Waals surface area contributed by atoms with Gasteiger partial charge in [-0.2, -0.15) is 0 Å². The SMILES string of the molecule is CN1c2ccccc2-c2ccc3ccccc3c2S1(=O)=O. The number of fused-ring (bicyclic) bond motifs is 5. The summed E-state index contributed by atoms with van der Waals surface area (Å²) in [6, 6.07) is 19.1. The first-order chi connectivity index (χ1) is 10.1. The van der Waals surface area contributed by atoms with Gasteiger partial charge in [0.25, 0.3) is 10.0 Å². The van der Waals surface area contributed by atoms with Gasteiger partial charge in [-0.1, -0.05) is 54.6 Å². The Labute approximate surface area is 123 Å². The lowest BCUT2D eigenvalue weighted by Gasteiger charge is -2.29. The molecule has 21 heavy (non-hydrogen) atoms. The van der Waals surface area contributed by atoms with Crippen molar-refractivity contribution in [3.05, 3.63) is 60.7 Å². The molecule has 0 bridgehead atoms. The third kappa shape index (κ3) is 1.56. The minimum atomic E-state index is -3.53. The molecule has 0 aliphatic carbocycles. The van der Waals surface area contributed by atoms with Crippen LogP contribution >= 0.6 is 0 Å². The maximum atomic E-state index is 12.9. The summed E-state index contributed by atoms with van der Waals surface area (Å²) in [5.41, 5.74) is 2.46. The van der Waals surface area contributed by atoms with E-state index in [9.17, 15) is 8.42 Å². The molecule has 0 aromatic heterocycles. The van der Waals surface area contributed by atoms with Crippen LogP contribution in [0.4, 0.5) is 5.69 Å². The molecule has 0 amide bonds. The summed E-state index contributed by atoms with van der Waals surface area (Å²) in [7, 11) is -1.92. The fourth-order valence-electron chi connectivity index (χ4n) is 2.98. The predicted molar refractivity (Wildman–Crippen MR) is 85.0 cm³/mol. The van der Waals surface area contributed by atoms with Crippen LogP contribution in [-0.4, -0.2) is 15.5 Å². The van der Waals surface area contributed by atoms with E-state index in [-0.39, 0.29) is 0 Å². The van der Waals surface area contributed by atoms with Crippen LogP contribution in [0, 0.1) is 0 Å². The first kappa shape index (κ1) is 12.4. The number of sulfonamides is 1. The summed E-state index contributed by atoms with van der Waals surface area (Å²) in [6.45, 7) is 0. The van der Waals surface area contributed by atoms with Crippen LogP contribution in [0.1, 0.15) is 0 Å². The first-order valence-corrected chi connectivity index (χ1v) is 8.15. The molecule has 0 spiro atoms. The fourth-order valence-corrected chi connectivity index (χ4v) is 4.59. The van der Waals surface area contributed by atoms with E-state index < -0.39 is 10.0 Å². The third-order valence-electron chi connectivity index (χ3n) is 4.03. The molecule has 1 aliphatic rings. The molecule has 0 atom stereocenters. The van der Waals surface area contributed by atoms with Gasteiger partial charge in [-0.05, 0) is 11.5 Å². The van der Waals surface area contributed by atoms with Gasteiger partial charge in [-0.3, -0.25) is 4.31 Å². The van der Waals surface area contributed by atoms with Crippen LogP contribution in [0.15, 0.2) is 65.6 Å². The summed E-state index contributed by atoms with van der Waals surface area (Å²) in [4.78, 5) is 0.404. The predicted octanol–water partition coefficient (Wildman–Crippen LogP) is 3.65. The van der Waals surface area contributed by atoms with Crippen LogP contribution in [0.25, 0.3) is 21.9 Å². The molecule has 0 unspecified atom stereocenters. The van der Waals surface area contributed by atoms with Gasteiger partial charge in [-0.25, -0.2) is 8.42 Å². The van der Waals surface area contributed by atoms with Crippen molar-refractivity contribution in [3.8, 4) is 11.1 Å². The molecule has 1 heterocycles. The van der Waals surface area contributed by atoms with Crippen LogP contribution in [-0.2, 0) is 10.0 Å². The van der Waals surface area contributed by atoms with Gasteiger partial charge in [0, 0.05) is 23.6 Å². The van der Waals surface area contributed by atoms with Crippen LogP contribution in [0.2, 0.25) is 0 Å². The molecular formula is C17H13NO2S. The molecule has 3 aromatic rings. The molecule has 0 fully saturated rings. The Kier molecular flexibility index (Phi) is 2.41. The summed E-state index contributed by atoms with van der Waals surface area (Å²) >= 11 is 0. The Morgan fingerprint density at radius 2 is 1.52 bits per heavy atom. The first-order valence-electron chi connectivity index (χ1n) is 6.71. The Hall–Kier alpha value is -2.33. The zero-order valence-electron chi connectivity index (χ0n) is 11.4. The molecular weight excluding hydrogens is 282 g/mol.